The maximum absolute atomic E-state index is 11.9. The number of carbonyl (C=O) groups excluding carboxylic acids is 1. The fraction of sp³-hybridized carbons (Fsp3) is 0.211. The molecule has 0 aliphatic heterocycles. The molecule has 2 aromatic rings. The Labute approximate surface area is 141 Å². The summed E-state index contributed by atoms with van der Waals surface area (Å²) < 4.78 is 15.2. The van der Waals surface area contributed by atoms with Crippen molar-refractivity contribution >= 4 is 12.0 Å². The Hall–Kier alpha value is -2.79. The fourth-order valence-corrected chi connectivity index (χ4v) is 1.97. The Bertz CT molecular complexity index is 663. The van der Waals surface area contributed by atoms with Gasteiger partial charge in [-0.15, -0.1) is 0 Å². The van der Waals surface area contributed by atoms with Crippen LogP contribution in [0, 0.1) is 0 Å². The molecule has 0 heterocycles. The van der Waals surface area contributed by atoms with Gasteiger partial charge in [0.2, 0.25) is 5.91 Å². The van der Waals surface area contributed by atoms with Crippen molar-refractivity contribution in [2.24, 2.45) is 0 Å². The van der Waals surface area contributed by atoms with Crippen LogP contribution in [-0.2, 0) is 16.1 Å². The number of nitrogens with one attached hydrogen (secondary N) is 1. The molecule has 5 heteroatoms. The number of benzene rings is 2. The van der Waals surface area contributed by atoms with E-state index in [4.69, 9.17) is 14.2 Å². The predicted molar refractivity (Wildman–Crippen MR) is 92.8 cm³/mol. The number of carbonyl (C=O) groups is 1. The topological polar surface area (TPSA) is 56.8 Å². The van der Waals surface area contributed by atoms with Crippen molar-refractivity contribution in [3.8, 4) is 11.5 Å². The van der Waals surface area contributed by atoms with Crippen molar-refractivity contribution in [1.82, 2.24) is 5.32 Å². The first-order valence-corrected chi connectivity index (χ1v) is 7.52. The Balaban J connectivity index is 1.81. The standard InChI is InChI=1S/C19H21NO4/c1-22-14-24-18-10-3-15(4-11-18)7-12-19(21)20-13-16-5-8-17(23-2)9-6-16/h3-12H,13-14H2,1-2H3,(H,20,21)/b12-7+. The zero-order chi connectivity index (χ0) is 17.2. The Morgan fingerprint density at radius 2 is 1.67 bits per heavy atom. The molecule has 0 saturated carbocycles. The molecule has 1 N–H and O–H groups in total. The molecule has 0 bridgehead atoms. The maximum Gasteiger partial charge on any atom is 0.244 e. The van der Waals surface area contributed by atoms with Gasteiger partial charge < -0.3 is 19.5 Å². The van der Waals surface area contributed by atoms with E-state index in [1.807, 2.05) is 48.5 Å². The Morgan fingerprint density at radius 1 is 1.00 bits per heavy atom. The van der Waals surface area contributed by atoms with Gasteiger partial charge >= 0.3 is 0 Å². The molecule has 0 fully saturated rings. The summed E-state index contributed by atoms with van der Waals surface area (Å²) in [5.74, 6) is 1.37. The Kier molecular flexibility index (Phi) is 6.86. The fourth-order valence-electron chi connectivity index (χ4n) is 1.97. The van der Waals surface area contributed by atoms with Gasteiger partial charge in [0.05, 0.1) is 7.11 Å². The van der Waals surface area contributed by atoms with Gasteiger partial charge in [0.15, 0.2) is 6.79 Å². The van der Waals surface area contributed by atoms with E-state index < -0.39 is 0 Å². The van der Waals surface area contributed by atoms with Crippen molar-refractivity contribution in [3.05, 3.63) is 65.7 Å². The molecular weight excluding hydrogens is 306 g/mol. The van der Waals surface area contributed by atoms with Crippen LogP contribution < -0.4 is 14.8 Å². The number of rotatable bonds is 8. The van der Waals surface area contributed by atoms with Gasteiger partial charge in [0.25, 0.3) is 0 Å². The smallest absolute Gasteiger partial charge is 0.244 e. The van der Waals surface area contributed by atoms with Crippen molar-refractivity contribution in [2.45, 2.75) is 6.54 Å². The zero-order valence-corrected chi connectivity index (χ0v) is 13.8. The molecule has 24 heavy (non-hydrogen) atoms. The third kappa shape index (κ3) is 5.78. The van der Waals surface area contributed by atoms with E-state index in [1.165, 1.54) is 6.08 Å². The number of hydrogen-bond acceptors (Lipinski definition) is 4. The highest BCUT2D eigenvalue weighted by atomic mass is 16.7. The highest BCUT2D eigenvalue weighted by Gasteiger charge is 1.98. The first kappa shape index (κ1) is 17.6. The van der Waals surface area contributed by atoms with Crippen LogP contribution in [0.15, 0.2) is 54.6 Å². The predicted octanol–water partition coefficient (Wildman–Crippen LogP) is 3.01. The van der Waals surface area contributed by atoms with Crippen molar-refractivity contribution in [2.75, 3.05) is 21.0 Å². The molecule has 0 radical (unpaired) electrons. The van der Waals surface area contributed by atoms with Gasteiger partial charge in [0, 0.05) is 19.7 Å². The number of methoxy groups -OCH3 is 2. The second kappa shape index (κ2) is 9.37. The number of ether oxygens (including phenoxy) is 3. The van der Waals surface area contributed by atoms with Gasteiger partial charge in [-0.05, 0) is 41.5 Å². The summed E-state index contributed by atoms with van der Waals surface area (Å²) in [7, 11) is 3.19. The van der Waals surface area contributed by atoms with E-state index in [0.717, 1.165) is 22.6 Å². The third-order valence-electron chi connectivity index (χ3n) is 3.28. The van der Waals surface area contributed by atoms with Gasteiger partial charge in [-0.25, -0.2) is 0 Å². The monoisotopic (exact) mass is 327 g/mol. The highest BCUT2D eigenvalue weighted by Crippen LogP contribution is 2.13. The van der Waals surface area contributed by atoms with E-state index >= 15 is 0 Å². The summed E-state index contributed by atoms with van der Waals surface area (Å²) in [6, 6.07) is 15.0. The SMILES string of the molecule is COCOc1ccc(/C=C/C(=O)NCc2ccc(OC)cc2)cc1. The summed E-state index contributed by atoms with van der Waals surface area (Å²) in [6.07, 6.45) is 3.26. The number of amides is 1. The summed E-state index contributed by atoms with van der Waals surface area (Å²) in [5.41, 5.74) is 1.93. The van der Waals surface area contributed by atoms with Crippen LogP contribution in [0.1, 0.15) is 11.1 Å². The summed E-state index contributed by atoms with van der Waals surface area (Å²) in [5, 5.41) is 2.84. The second-order valence-electron chi connectivity index (χ2n) is 5.02. The third-order valence-corrected chi connectivity index (χ3v) is 3.28. The molecule has 0 aromatic heterocycles. The van der Waals surface area contributed by atoms with Crippen LogP contribution in [0.3, 0.4) is 0 Å². The van der Waals surface area contributed by atoms with Gasteiger partial charge in [-0.2, -0.15) is 0 Å². The molecular formula is C19H21NO4. The zero-order valence-electron chi connectivity index (χ0n) is 13.8. The lowest BCUT2D eigenvalue weighted by molar-refractivity contribution is -0.116. The first-order chi connectivity index (χ1) is 11.7. The van der Waals surface area contributed by atoms with E-state index in [1.54, 1.807) is 20.3 Å². The molecule has 2 aromatic carbocycles. The minimum Gasteiger partial charge on any atom is -0.497 e. The van der Waals surface area contributed by atoms with Crippen LogP contribution in [0.5, 0.6) is 11.5 Å². The lowest BCUT2D eigenvalue weighted by atomic mass is 10.2. The largest absolute Gasteiger partial charge is 0.497 e. The summed E-state index contributed by atoms with van der Waals surface area (Å²) in [4.78, 5) is 11.9. The van der Waals surface area contributed by atoms with Gasteiger partial charge in [0.1, 0.15) is 11.5 Å². The molecule has 0 aliphatic carbocycles. The molecule has 1 amide bonds. The normalized spacial score (nSPS) is 10.6. The molecule has 5 nitrogen and oxygen atoms in total. The van der Waals surface area contributed by atoms with Crippen LogP contribution in [0.25, 0.3) is 6.08 Å². The van der Waals surface area contributed by atoms with Crippen molar-refractivity contribution in [3.63, 3.8) is 0 Å². The van der Waals surface area contributed by atoms with Crippen LogP contribution in [0.2, 0.25) is 0 Å². The molecule has 0 aliphatic rings. The van der Waals surface area contributed by atoms with Crippen molar-refractivity contribution < 1.29 is 19.0 Å². The van der Waals surface area contributed by atoms with E-state index in [9.17, 15) is 4.79 Å². The molecule has 0 unspecified atom stereocenters. The minimum atomic E-state index is -0.148. The Morgan fingerprint density at radius 3 is 2.29 bits per heavy atom. The van der Waals surface area contributed by atoms with Crippen LogP contribution >= 0.6 is 0 Å². The van der Waals surface area contributed by atoms with Crippen molar-refractivity contribution in [1.29, 1.82) is 0 Å². The lowest BCUT2D eigenvalue weighted by Crippen LogP contribution is -2.20. The number of hydrogen-bond donors (Lipinski definition) is 1. The maximum atomic E-state index is 11.9. The van der Waals surface area contributed by atoms with Gasteiger partial charge in [-0.1, -0.05) is 24.3 Å². The quantitative estimate of drug-likeness (QED) is 0.598. The molecule has 0 spiro atoms. The average Bonchev–Trinajstić information content (AvgIpc) is 2.64. The molecule has 0 atom stereocenters. The second-order valence-corrected chi connectivity index (χ2v) is 5.02. The molecule has 2 rings (SSSR count). The van der Waals surface area contributed by atoms with Crippen LogP contribution in [-0.4, -0.2) is 26.9 Å². The average molecular weight is 327 g/mol. The molecule has 0 saturated heterocycles. The summed E-state index contributed by atoms with van der Waals surface area (Å²) in [6.45, 7) is 0.680. The first-order valence-electron chi connectivity index (χ1n) is 7.52. The highest BCUT2D eigenvalue weighted by molar-refractivity contribution is 5.91. The van der Waals surface area contributed by atoms with E-state index in [2.05, 4.69) is 5.32 Å². The van der Waals surface area contributed by atoms with E-state index in [0.29, 0.717) is 6.54 Å². The van der Waals surface area contributed by atoms with E-state index in [-0.39, 0.29) is 12.7 Å². The molecule has 126 valence electrons. The summed E-state index contributed by atoms with van der Waals surface area (Å²) >= 11 is 0. The lowest BCUT2D eigenvalue weighted by Gasteiger charge is -2.05. The minimum absolute atomic E-state index is 0.148. The van der Waals surface area contributed by atoms with Gasteiger partial charge in [-0.3, -0.25) is 4.79 Å². The van der Waals surface area contributed by atoms with Crippen LogP contribution in [0.4, 0.5) is 0 Å².